The number of amidine groups is 1. The van der Waals surface area contributed by atoms with Gasteiger partial charge in [0.25, 0.3) is 5.91 Å². The van der Waals surface area contributed by atoms with E-state index in [1.807, 2.05) is 0 Å². The number of nitrogens with two attached hydrogens (primary N) is 1. The molecule has 2 heterocycles. The summed E-state index contributed by atoms with van der Waals surface area (Å²) in [7, 11) is 0. The first kappa shape index (κ1) is 13.7. The lowest BCUT2D eigenvalue weighted by Gasteiger charge is -2.03. The first-order valence-corrected chi connectivity index (χ1v) is 6.37. The minimum Gasteiger partial charge on any atom is -0.409 e. The van der Waals surface area contributed by atoms with Crippen LogP contribution < -0.4 is 11.1 Å². The number of aromatic amines is 1. The summed E-state index contributed by atoms with van der Waals surface area (Å²) >= 11 is 12.7. The number of oxime groups is 1. The van der Waals surface area contributed by atoms with Crippen LogP contribution in [-0.4, -0.2) is 27.1 Å². The molecule has 0 atom stereocenters. The molecule has 0 aliphatic carbocycles. The zero-order valence-corrected chi connectivity index (χ0v) is 11.5. The Morgan fingerprint density at radius 3 is 2.84 bits per heavy atom. The summed E-state index contributed by atoms with van der Waals surface area (Å²) in [6.45, 7) is 0. The van der Waals surface area contributed by atoms with Gasteiger partial charge >= 0.3 is 0 Å². The Hall–Kier alpha value is -1.77. The topological polar surface area (TPSA) is 116 Å². The van der Waals surface area contributed by atoms with Gasteiger partial charge in [0.15, 0.2) is 5.84 Å². The van der Waals surface area contributed by atoms with E-state index in [0.717, 1.165) is 11.3 Å². The highest BCUT2D eigenvalue weighted by Gasteiger charge is 2.17. The summed E-state index contributed by atoms with van der Waals surface area (Å²) in [5.74, 6) is -0.471. The van der Waals surface area contributed by atoms with Crippen molar-refractivity contribution >= 4 is 52.1 Å². The third-order valence-corrected chi connectivity index (χ3v) is 3.65. The van der Waals surface area contributed by atoms with Crippen molar-refractivity contribution in [1.82, 2.24) is 10.2 Å². The van der Waals surface area contributed by atoms with Crippen molar-refractivity contribution in [3.05, 3.63) is 32.1 Å². The molecule has 0 saturated heterocycles. The minimum absolute atomic E-state index is 0.182. The molecule has 0 aliphatic heterocycles. The molecule has 0 aliphatic rings. The lowest BCUT2D eigenvalue weighted by atomic mass is 10.3. The van der Waals surface area contributed by atoms with Crippen molar-refractivity contribution in [1.29, 1.82) is 0 Å². The maximum Gasteiger partial charge on any atom is 0.259 e. The van der Waals surface area contributed by atoms with Crippen LogP contribution >= 0.6 is 34.5 Å². The molecule has 2 rings (SSSR count). The van der Waals surface area contributed by atoms with Crippen molar-refractivity contribution < 1.29 is 10.0 Å². The molecule has 0 spiro atoms. The molecule has 0 unspecified atom stereocenters. The molecule has 2 aromatic heterocycles. The van der Waals surface area contributed by atoms with Crippen molar-refractivity contribution in [2.45, 2.75) is 0 Å². The van der Waals surface area contributed by atoms with Crippen LogP contribution in [-0.2, 0) is 0 Å². The fourth-order valence-corrected chi connectivity index (χ4v) is 2.76. The van der Waals surface area contributed by atoms with Crippen LogP contribution in [0.2, 0.25) is 8.67 Å². The van der Waals surface area contributed by atoms with Gasteiger partial charge in [-0.15, -0.1) is 11.3 Å². The number of halogens is 2. The van der Waals surface area contributed by atoms with Crippen LogP contribution in [0.15, 0.2) is 17.4 Å². The van der Waals surface area contributed by atoms with E-state index in [-0.39, 0.29) is 27.1 Å². The van der Waals surface area contributed by atoms with Crippen LogP contribution in [0.5, 0.6) is 0 Å². The van der Waals surface area contributed by atoms with Gasteiger partial charge in [-0.3, -0.25) is 9.89 Å². The Kier molecular flexibility index (Phi) is 3.93. The molecule has 0 saturated carbocycles. The largest absolute Gasteiger partial charge is 0.409 e. The number of rotatable bonds is 3. The van der Waals surface area contributed by atoms with Gasteiger partial charge in [-0.2, -0.15) is 5.10 Å². The van der Waals surface area contributed by atoms with E-state index in [1.54, 1.807) is 0 Å². The van der Waals surface area contributed by atoms with E-state index in [4.69, 9.17) is 34.1 Å². The maximum atomic E-state index is 12.0. The fourth-order valence-electron chi connectivity index (χ4n) is 1.31. The minimum atomic E-state index is -0.482. The van der Waals surface area contributed by atoms with E-state index in [9.17, 15) is 4.79 Å². The van der Waals surface area contributed by atoms with Gasteiger partial charge < -0.3 is 16.3 Å². The average Bonchev–Trinajstić information content (AvgIpc) is 2.95. The van der Waals surface area contributed by atoms with Gasteiger partial charge in [-0.25, -0.2) is 0 Å². The summed E-state index contributed by atoms with van der Waals surface area (Å²) in [6, 6.07) is 1.45. The predicted octanol–water partition coefficient (Wildman–Crippen LogP) is 2.12. The smallest absolute Gasteiger partial charge is 0.259 e. The number of hydrogen-bond donors (Lipinski definition) is 4. The Morgan fingerprint density at radius 2 is 2.26 bits per heavy atom. The van der Waals surface area contributed by atoms with E-state index < -0.39 is 5.91 Å². The molecule has 0 radical (unpaired) electrons. The molecular formula is C9H7Cl2N5O2S. The van der Waals surface area contributed by atoms with Gasteiger partial charge in [0.05, 0.1) is 21.7 Å². The monoisotopic (exact) mass is 319 g/mol. The number of nitrogens with zero attached hydrogens (tertiary/aromatic N) is 2. The fraction of sp³-hybridized carbons (Fsp3) is 0. The number of carbonyl (C=O) groups excluding carboxylic acids is 1. The Bertz CT molecular complexity index is 651. The summed E-state index contributed by atoms with van der Waals surface area (Å²) in [6.07, 6.45) is 1.31. The molecule has 5 N–H and O–H groups in total. The molecule has 0 bridgehead atoms. The molecule has 0 aromatic carbocycles. The first-order chi connectivity index (χ1) is 9.02. The average molecular weight is 320 g/mol. The van der Waals surface area contributed by atoms with Crippen molar-refractivity contribution in [3.8, 4) is 0 Å². The number of anilines is 1. The zero-order chi connectivity index (χ0) is 14.0. The van der Waals surface area contributed by atoms with Gasteiger partial charge in [-0.05, 0) is 6.07 Å². The van der Waals surface area contributed by atoms with Crippen molar-refractivity contribution in [2.75, 3.05) is 5.32 Å². The number of nitrogens with one attached hydrogen (secondary N) is 2. The second-order valence-electron chi connectivity index (χ2n) is 3.34. The van der Waals surface area contributed by atoms with Crippen LogP contribution in [0.4, 0.5) is 5.82 Å². The molecule has 7 nitrogen and oxygen atoms in total. The van der Waals surface area contributed by atoms with E-state index in [1.165, 1.54) is 12.3 Å². The third kappa shape index (κ3) is 2.80. The number of carbonyl (C=O) groups is 1. The number of thiophene rings is 1. The van der Waals surface area contributed by atoms with Crippen LogP contribution in [0.1, 0.15) is 15.9 Å². The second kappa shape index (κ2) is 5.47. The zero-order valence-electron chi connectivity index (χ0n) is 9.15. The third-order valence-electron chi connectivity index (χ3n) is 2.16. The van der Waals surface area contributed by atoms with Gasteiger partial charge in [0.2, 0.25) is 0 Å². The normalized spacial score (nSPS) is 11.6. The molecule has 10 heteroatoms. The molecule has 2 aromatic rings. The second-order valence-corrected chi connectivity index (χ2v) is 5.62. The summed E-state index contributed by atoms with van der Waals surface area (Å²) in [4.78, 5) is 12.0. The van der Waals surface area contributed by atoms with Crippen molar-refractivity contribution in [2.24, 2.45) is 10.9 Å². The summed E-state index contributed by atoms with van der Waals surface area (Å²) < 4.78 is 0.670. The lowest BCUT2D eigenvalue weighted by Crippen LogP contribution is -2.18. The predicted molar refractivity (Wildman–Crippen MR) is 73.4 cm³/mol. The molecule has 19 heavy (non-hydrogen) atoms. The number of aromatic nitrogens is 2. The lowest BCUT2D eigenvalue weighted by molar-refractivity contribution is 0.102. The molecule has 100 valence electrons. The Labute approximate surface area is 121 Å². The standard InChI is InChI=1S/C9H7Cl2N5O2S/c10-5-1-3(6(11)19-5)9(17)14-8-4(2-13-15-8)7(12)16-18/h1-2,18H,(H2,12,16)(H2,13,14,15,17). The number of amides is 1. The van der Waals surface area contributed by atoms with E-state index in [0.29, 0.717) is 4.34 Å². The van der Waals surface area contributed by atoms with Gasteiger partial charge in [0.1, 0.15) is 10.2 Å². The van der Waals surface area contributed by atoms with Gasteiger partial charge in [-0.1, -0.05) is 28.4 Å². The molecule has 0 fully saturated rings. The van der Waals surface area contributed by atoms with Crippen LogP contribution in [0.25, 0.3) is 0 Å². The summed E-state index contributed by atoms with van der Waals surface area (Å²) in [5, 5.41) is 20.2. The van der Waals surface area contributed by atoms with Crippen LogP contribution in [0.3, 0.4) is 0 Å². The SMILES string of the molecule is N/C(=N/O)c1cn[nH]c1NC(=O)c1cc(Cl)sc1Cl. The highest BCUT2D eigenvalue weighted by Crippen LogP contribution is 2.31. The maximum absolute atomic E-state index is 12.0. The van der Waals surface area contributed by atoms with E-state index >= 15 is 0 Å². The summed E-state index contributed by atoms with van der Waals surface area (Å²) in [5.41, 5.74) is 5.92. The van der Waals surface area contributed by atoms with E-state index in [2.05, 4.69) is 20.7 Å². The Morgan fingerprint density at radius 1 is 1.53 bits per heavy atom. The first-order valence-electron chi connectivity index (χ1n) is 4.80. The van der Waals surface area contributed by atoms with Crippen molar-refractivity contribution in [3.63, 3.8) is 0 Å². The quantitative estimate of drug-likeness (QED) is 0.300. The number of hydrogen-bond acceptors (Lipinski definition) is 5. The highest BCUT2D eigenvalue weighted by molar-refractivity contribution is 7.20. The Balaban J connectivity index is 2.25. The van der Waals surface area contributed by atoms with Gasteiger partial charge in [0, 0.05) is 0 Å². The molecule has 1 amide bonds. The number of H-pyrrole nitrogens is 1. The van der Waals surface area contributed by atoms with Crippen LogP contribution in [0, 0.1) is 0 Å². The molecular weight excluding hydrogens is 313 g/mol. The highest BCUT2D eigenvalue weighted by atomic mass is 35.5.